The lowest BCUT2D eigenvalue weighted by atomic mass is 10.1. The Morgan fingerprint density at radius 3 is 3.00 bits per heavy atom. The highest BCUT2D eigenvalue weighted by atomic mass is 16.5. The molecule has 0 atom stereocenters. The van der Waals surface area contributed by atoms with E-state index in [0.29, 0.717) is 6.61 Å². The predicted octanol–water partition coefficient (Wildman–Crippen LogP) is 2.21. The van der Waals surface area contributed by atoms with E-state index in [1.807, 2.05) is 18.7 Å². The Morgan fingerprint density at radius 1 is 1.32 bits per heavy atom. The third-order valence-electron chi connectivity index (χ3n) is 2.96. The number of nitrogens with one attached hydrogen (secondary N) is 1. The van der Waals surface area contributed by atoms with Gasteiger partial charge in [-0.15, -0.1) is 0 Å². The molecule has 0 aliphatic rings. The summed E-state index contributed by atoms with van der Waals surface area (Å²) in [4.78, 5) is 4.03. The summed E-state index contributed by atoms with van der Waals surface area (Å²) in [5.41, 5.74) is 2.53. The molecule has 4 heteroatoms. The first-order valence-corrected chi connectivity index (χ1v) is 6.61. The maximum absolute atomic E-state index is 5.14. The van der Waals surface area contributed by atoms with Gasteiger partial charge in [-0.2, -0.15) is 0 Å². The number of hydrogen-bond donors (Lipinski definition) is 1. The van der Waals surface area contributed by atoms with Crippen LogP contribution in [0, 0.1) is 0 Å². The topological polar surface area (TPSA) is 39.1 Å². The summed E-state index contributed by atoms with van der Waals surface area (Å²) >= 11 is 0. The lowest BCUT2D eigenvalue weighted by molar-refractivity contribution is 0.185. The van der Waals surface area contributed by atoms with Crippen LogP contribution in [0.25, 0.3) is 0 Å². The van der Waals surface area contributed by atoms with Gasteiger partial charge in [0.1, 0.15) is 0 Å². The summed E-state index contributed by atoms with van der Waals surface area (Å²) in [6.07, 6.45) is 6.77. The average molecular weight is 259 g/mol. The number of ether oxygens (including phenoxy) is 1. The van der Waals surface area contributed by atoms with Crippen LogP contribution in [-0.4, -0.2) is 23.2 Å². The first-order chi connectivity index (χ1) is 9.38. The van der Waals surface area contributed by atoms with Crippen molar-refractivity contribution < 1.29 is 4.74 Å². The highest BCUT2D eigenvalue weighted by molar-refractivity contribution is 5.22. The zero-order valence-electron chi connectivity index (χ0n) is 11.4. The smallest absolute Gasteiger partial charge is 0.0945 e. The predicted molar refractivity (Wildman–Crippen MR) is 75.7 cm³/mol. The summed E-state index contributed by atoms with van der Waals surface area (Å²) in [7, 11) is 1.72. The van der Waals surface area contributed by atoms with Gasteiger partial charge in [-0.1, -0.05) is 24.3 Å². The highest BCUT2D eigenvalue weighted by Crippen LogP contribution is 2.06. The average Bonchev–Trinajstić information content (AvgIpc) is 2.92. The molecule has 0 saturated heterocycles. The van der Waals surface area contributed by atoms with Gasteiger partial charge in [0.15, 0.2) is 0 Å². The molecule has 2 rings (SSSR count). The van der Waals surface area contributed by atoms with Crippen molar-refractivity contribution in [2.75, 3.05) is 13.7 Å². The van der Waals surface area contributed by atoms with Crippen LogP contribution in [0.4, 0.5) is 0 Å². The number of aryl methyl sites for hydroxylation is 1. The summed E-state index contributed by atoms with van der Waals surface area (Å²) < 4.78 is 7.24. The summed E-state index contributed by atoms with van der Waals surface area (Å²) in [6, 6.07) is 8.50. The summed E-state index contributed by atoms with van der Waals surface area (Å²) in [5.74, 6) is 0. The summed E-state index contributed by atoms with van der Waals surface area (Å²) in [6.45, 7) is 3.60. The maximum atomic E-state index is 5.14. The summed E-state index contributed by atoms with van der Waals surface area (Å²) in [5, 5.41) is 3.46. The Morgan fingerprint density at radius 2 is 2.21 bits per heavy atom. The second kappa shape index (κ2) is 7.71. The molecule has 1 heterocycles. The van der Waals surface area contributed by atoms with E-state index in [1.54, 1.807) is 7.11 Å². The van der Waals surface area contributed by atoms with Crippen molar-refractivity contribution in [3.63, 3.8) is 0 Å². The minimum Gasteiger partial charge on any atom is -0.380 e. The molecular weight excluding hydrogens is 238 g/mol. The van der Waals surface area contributed by atoms with Gasteiger partial charge in [0.2, 0.25) is 0 Å². The minimum absolute atomic E-state index is 0.675. The van der Waals surface area contributed by atoms with Crippen LogP contribution in [0.2, 0.25) is 0 Å². The molecular formula is C15H21N3O. The molecule has 102 valence electrons. The molecule has 0 fully saturated rings. The molecule has 0 spiro atoms. The van der Waals surface area contributed by atoms with Crippen LogP contribution in [-0.2, 0) is 24.4 Å². The van der Waals surface area contributed by atoms with Crippen molar-refractivity contribution >= 4 is 0 Å². The number of imidazole rings is 1. The molecule has 0 amide bonds. The number of hydrogen-bond acceptors (Lipinski definition) is 3. The van der Waals surface area contributed by atoms with Crippen LogP contribution in [0.3, 0.4) is 0 Å². The van der Waals surface area contributed by atoms with Gasteiger partial charge < -0.3 is 14.6 Å². The first-order valence-electron chi connectivity index (χ1n) is 6.61. The highest BCUT2D eigenvalue weighted by Gasteiger charge is 1.96. The molecule has 0 radical (unpaired) electrons. The largest absolute Gasteiger partial charge is 0.380 e. The molecule has 1 N–H and O–H groups in total. The fourth-order valence-electron chi connectivity index (χ4n) is 2.03. The van der Waals surface area contributed by atoms with E-state index in [-0.39, 0.29) is 0 Å². The van der Waals surface area contributed by atoms with Gasteiger partial charge in [-0.25, -0.2) is 4.98 Å². The lowest BCUT2D eigenvalue weighted by Crippen LogP contribution is -2.16. The Hall–Kier alpha value is -1.65. The molecule has 1 aromatic carbocycles. The third kappa shape index (κ3) is 4.85. The number of nitrogens with zero attached hydrogens (tertiary/aromatic N) is 2. The lowest BCUT2D eigenvalue weighted by Gasteiger charge is -2.07. The number of aromatic nitrogens is 2. The molecule has 1 aromatic heterocycles. The Bertz CT molecular complexity index is 468. The van der Waals surface area contributed by atoms with E-state index in [9.17, 15) is 0 Å². The molecule has 0 aliphatic heterocycles. The zero-order valence-corrected chi connectivity index (χ0v) is 11.4. The monoisotopic (exact) mass is 259 g/mol. The molecule has 4 nitrogen and oxygen atoms in total. The van der Waals surface area contributed by atoms with Crippen molar-refractivity contribution in [3.8, 4) is 0 Å². The molecule has 0 saturated carbocycles. The minimum atomic E-state index is 0.675. The van der Waals surface area contributed by atoms with Crippen LogP contribution in [0.15, 0.2) is 43.0 Å². The quantitative estimate of drug-likeness (QED) is 0.739. The second-order valence-corrected chi connectivity index (χ2v) is 4.58. The molecule has 0 unspecified atom stereocenters. The van der Waals surface area contributed by atoms with E-state index >= 15 is 0 Å². The molecule has 0 aliphatic carbocycles. The molecule has 0 bridgehead atoms. The number of rotatable bonds is 8. The van der Waals surface area contributed by atoms with Crippen molar-refractivity contribution in [2.24, 2.45) is 0 Å². The van der Waals surface area contributed by atoms with E-state index in [2.05, 4.69) is 39.1 Å². The Kier molecular flexibility index (Phi) is 5.59. The van der Waals surface area contributed by atoms with Crippen molar-refractivity contribution in [1.29, 1.82) is 0 Å². The third-order valence-corrected chi connectivity index (χ3v) is 2.96. The Labute approximate surface area is 114 Å². The SMILES string of the molecule is COCc1cccc(CNCCCn2ccnc2)c1. The fourth-order valence-corrected chi connectivity index (χ4v) is 2.03. The van der Waals surface area contributed by atoms with Gasteiger partial charge in [-0.05, 0) is 24.1 Å². The fraction of sp³-hybridized carbons (Fsp3) is 0.400. The molecule has 19 heavy (non-hydrogen) atoms. The first kappa shape index (κ1) is 13.8. The van der Waals surface area contributed by atoms with Gasteiger partial charge in [0.05, 0.1) is 12.9 Å². The van der Waals surface area contributed by atoms with Gasteiger partial charge in [0, 0.05) is 32.6 Å². The van der Waals surface area contributed by atoms with Crippen LogP contribution in [0.1, 0.15) is 17.5 Å². The standard InChI is InChI=1S/C15H21N3O/c1-19-12-15-5-2-4-14(10-15)11-16-6-3-8-18-9-7-17-13-18/h2,4-5,7,9-10,13,16H,3,6,8,11-12H2,1H3. The van der Waals surface area contributed by atoms with Crippen molar-refractivity contribution in [1.82, 2.24) is 14.9 Å². The van der Waals surface area contributed by atoms with Crippen LogP contribution < -0.4 is 5.32 Å². The van der Waals surface area contributed by atoms with Crippen molar-refractivity contribution in [3.05, 3.63) is 54.1 Å². The van der Waals surface area contributed by atoms with Crippen LogP contribution in [0.5, 0.6) is 0 Å². The van der Waals surface area contributed by atoms with Gasteiger partial charge in [-0.3, -0.25) is 0 Å². The van der Waals surface area contributed by atoms with E-state index in [4.69, 9.17) is 4.74 Å². The van der Waals surface area contributed by atoms with Gasteiger partial charge in [0.25, 0.3) is 0 Å². The van der Waals surface area contributed by atoms with E-state index in [0.717, 1.165) is 26.1 Å². The second-order valence-electron chi connectivity index (χ2n) is 4.58. The van der Waals surface area contributed by atoms with E-state index in [1.165, 1.54) is 11.1 Å². The van der Waals surface area contributed by atoms with Gasteiger partial charge >= 0.3 is 0 Å². The Balaban J connectivity index is 1.66. The van der Waals surface area contributed by atoms with E-state index < -0.39 is 0 Å². The van der Waals surface area contributed by atoms with Crippen LogP contribution >= 0.6 is 0 Å². The molecule has 2 aromatic rings. The number of benzene rings is 1. The number of methoxy groups -OCH3 is 1. The van der Waals surface area contributed by atoms with Crippen molar-refractivity contribution in [2.45, 2.75) is 26.1 Å². The zero-order chi connectivity index (χ0) is 13.3. The maximum Gasteiger partial charge on any atom is 0.0945 e. The normalized spacial score (nSPS) is 10.8.